The SMILES string of the molecule is Cc1cc(CC(CC(=O)N2CCC(N3Cc4ccccc4NC3=O)CC2)C(=O)N2CCN(c3ccncc3)CC2)cc(Br)c1Cl. The van der Waals surface area contributed by atoms with Gasteiger partial charge in [-0.3, -0.25) is 14.6 Å². The van der Waals surface area contributed by atoms with E-state index in [0.717, 1.165) is 45.6 Å². The second-order valence-electron chi connectivity index (χ2n) is 12.2. The Morgan fingerprint density at radius 2 is 1.71 bits per heavy atom. The molecule has 11 heteroatoms. The summed E-state index contributed by atoms with van der Waals surface area (Å²) in [6, 6.07) is 15.8. The standard InChI is InChI=1S/C34H38BrClN6O3/c1-23-18-24(20-29(35)32(23)36)19-26(33(44)41-16-14-39(15-17-41)27-6-10-37-11-7-27)21-31(43)40-12-8-28(9-13-40)42-22-25-4-2-3-5-30(25)38-34(42)45/h2-7,10-11,18,20,26,28H,8-9,12-17,19,21-22H2,1H3,(H,38,45). The maximum atomic E-state index is 14.0. The molecule has 3 aromatic rings. The summed E-state index contributed by atoms with van der Waals surface area (Å²) in [6.45, 7) is 6.29. The average Bonchev–Trinajstić information content (AvgIpc) is 3.06. The summed E-state index contributed by atoms with van der Waals surface area (Å²) >= 11 is 9.95. The zero-order valence-electron chi connectivity index (χ0n) is 25.4. The summed E-state index contributed by atoms with van der Waals surface area (Å²) < 4.78 is 0.786. The normalized spacial score (nSPS) is 18.0. The Hall–Kier alpha value is -3.63. The lowest BCUT2D eigenvalue weighted by Crippen LogP contribution is -2.52. The minimum Gasteiger partial charge on any atom is -0.368 e. The number of carbonyl (C=O) groups excluding carboxylic acids is 3. The Bertz CT molecular complexity index is 1530. The molecule has 236 valence electrons. The van der Waals surface area contributed by atoms with E-state index in [0.29, 0.717) is 57.0 Å². The zero-order valence-corrected chi connectivity index (χ0v) is 27.8. The third-order valence-electron chi connectivity index (χ3n) is 9.26. The van der Waals surface area contributed by atoms with Gasteiger partial charge in [0.05, 0.1) is 10.9 Å². The number of nitrogens with zero attached hydrogens (tertiary/aromatic N) is 5. The number of hydrogen-bond donors (Lipinski definition) is 1. The Balaban J connectivity index is 1.11. The number of fused-ring (bicyclic) bond motifs is 1. The van der Waals surface area contributed by atoms with Gasteiger partial charge in [0.25, 0.3) is 0 Å². The van der Waals surface area contributed by atoms with E-state index in [9.17, 15) is 14.4 Å². The largest absolute Gasteiger partial charge is 0.368 e. The van der Waals surface area contributed by atoms with Crippen LogP contribution in [-0.2, 0) is 22.6 Å². The number of amides is 4. The quantitative estimate of drug-likeness (QED) is 0.341. The van der Waals surface area contributed by atoms with E-state index in [4.69, 9.17) is 11.6 Å². The van der Waals surface area contributed by atoms with Gasteiger partial charge >= 0.3 is 6.03 Å². The molecule has 0 bridgehead atoms. The van der Waals surface area contributed by atoms with Gasteiger partial charge in [-0.2, -0.15) is 0 Å². The van der Waals surface area contributed by atoms with Crippen molar-refractivity contribution in [2.75, 3.05) is 49.5 Å². The van der Waals surface area contributed by atoms with Gasteiger partial charge in [-0.25, -0.2) is 4.79 Å². The van der Waals surface area contributed by atoms with Crippen molar-refractivity contribution in [2.24, 2.45) is 5.92 Å². The fourth-order valence-electron chi connectivity index (χ4n) is 6.73. The monoisotopic (exact) mass is 692 g/mol. The molecule has 0 radical (unpaired) electrons. The number of urea groups is 1. The van der Waals surface area contributed by atoms with Crippen LogP contribution >= 0.6 is 27.5 Å². The molecule has 2 aromatic carbocycles. The maximum Gasteiger partial charge on any atom is 0.322 e. The molecule has 0 saturated carbocycles. The molecular weight excluding hydrogens is 656 g/mol. The summed E-state index contributed by atoms with van der Waals surface area (Å²) in [5, 5.41) is 3.66. The van der Waals surface area contributed by atoms with Gasteiger partial charge in [-0.15, -0.1) is 0 Å². The molecule has 0 aliphatic carbocycles. The number of piperazine rings is 1. The highest BCUT2D eigenvalue weighted by molar-refractivity contribution is 9.10. The van der Waals surface area contributed by atoms with Gasteiger partial charge in [0.15, 0.2) is 0 Å². The van der Waals surface area contributed by atoms with E-state index in [1.54, 1.807) is 12.4 Å². The van der Waals surface area contributed by atoms with Crippen LogP contribution in [0, 0.1) is 12.8 Å². The van der Waals surface area contributed by atoms with Gasteiger partial charge in [-0.1, -0.05) is 35.9 Å². The van der Waals surface area contributed by atoms with Crippen LogP contribution in [0.5, 0.6) is 0 Å². The lowest BCUT2D eigenvalue weighted by Gasteiger charge is -2.41. The summed E-state index contributed by atoms with van der Waals surface area (Å²) in [4.78, 5) is 52.7. The number of likely N-dealkylation sites (tertiary alicyclic amines) is 1. The number of piperidine rings is 1. The molecule has 3 aliphatic rings. The molecule has 1 atom stereocenters. The van der Waals surface area contributed by atoms with Crippen LogP contribution in [0.3, 0.4) is 0 Å². The Morgan fingerprint density at radius 3 is 2.42 bits per heavy atom. The van der Waals surface area contributed by atoms with E-state index >= 15 is 0 Å². The number of aromatic nitrogens is 1. The predicted molar refractivity (Wildman–Crippen MR) is 179 cm³/mol. The average molecular weight is 694 g/mol. The lowest BCUT2D eigenvalue weighted by molar-refractivity contribution is -0.142. The summed E-state index contributed by atoms with van der Waals surface area (Å²) in [6.07, 6.45) is 5.58. The smallest absolute Gasteiger partial charge is 0.322 e. The highest BCUT2D eigenvalue weighted by Gasteiger charge is 2.35. The molecule has 4 heterocycles. The van der Waals surface area contributed by atoms with Gasteiger partial charge in [0.2, 0.25) is 11.8 Å². The van der Waals surface area contributed by atoms with Gasteiger partial charge < -0.3 is 24.9 Å². The fraction of sp³-hybridized carbons (Fsp3) is 0.412. The van der Waals surface area contributed by atoms with Crippen LogP contribution in [0.2, 0.25) is 5.02 Å². The molecule has 2 fully saturated rings. The van der Waals surface area contributed by atoms with Crippen LogP contribution in [0.4, 0.5) is 16.2 Å². The number of para-hydroxylation sites is 1. The van der Waals surface area contributed by atoms with Gasteiger partial charge in [-0.05, 0) is 83.1 Å². The fourth-order valence-corrected chi connectivity index (χ4v) is 7.44. The van der Waals surface area contributed by atoms with Crippen molar-refractivity contribution in [3.8, 4) is 0 Å². The minimum atomic E-state index is -0.487. The second-order valence-corrected chi connectivity index (χ2v) is 13.4. The molecule has 1 aromatic heterocycles. The minimum absolute atomic E-state index is 0.0135. The summed E-state index contributed by atoms with van der Waals surface area (Å²) in [5.74, 6) is -0.486. The number of benzene rings is 2. The number of pyridine rings is 1. The van der Waals surface area contributed by atoms with E-state index in [1.807, 2.05) is 70.2 Å². The number of rotatable bonds is 7. The number of halogens is 2. The molecule has 45 heavy (non-hydrogen) atoms. The first-order chi connectivity index (χ1) is 21.8. The zero-order chi connectivity index (χ0) is 31.5. The third kappa shape index (κ3) is 7.12. The van der Waals surface area contributed by atoms with Gasteiger partial charge in [0, 0.05) is 86.5 Å². The molecule has 0 spiro atoms. The van der Waals surface area contributed by atoms with Crippen molar-refractivity contribution in [1.82, 2.24) is 19.7 Å². The van der Waals surface area contributed by atoms with Crippen molar-refractivity contribution < 1.29 is 14.4 Å². The van der Waals surface area contributed by atoms with Crippen LogP contribution in [-0.4, -0.2) is 82.8 Å². The second kappa shape index (κ2) is 13.8. The Morgan fingerprint density at radius 1 is 1.00 bits per heavy atom. The van der Waals surface area contributed by atoms with Crippen molar-refractivity contribution in [3.05, 3.63) is 87.1 Å². The van der Waals surface area contributed by atoms with Crippen LogP contribution in [0.1, 0.15) is 36.0 Å². The first kappa shape index (κ1) is 31.4. The lowest BCUT2D eigenvalue weighted by atomic mass is 9.92. The maximum absolute atomic E-state index is 14.0. The van der Waals surface area contributed by atoms with Gasteiger partial charge in [0.1, 0.15) is 0 Å². The molecule has 1 unspecified atom stereocenters. The first-order valence-electron chi connectivity index (χ1n) is 15.6. The van der Waals surface area contributed by atoms with E-state index in [2.05, 4.69) is 31.1 Å². The van der Waals surface area contributed by atoms with E-state index < -0.39 is 5.92 Å². The van der Waals surface area contributed by atoms with Crippen molar-refractivity contribution in [1.29, 1.82) is 0 Å². The molecule has 2 saturated heterocycles. The van der Waals surface area contributed by atoms with Crippen LogP contribution in [0.15, 0.2) is 65.4 Å². The number of aryl methyl sites for hydroxylation is 1. The summed E-state index contributed by atoms with van der Waals surface area (Å²) in [7, 11) is 0. The van der Waals surface area contributed by atoms with Crippen molar-refractivity contribution >= 4 is 56.8 Å². The van der Waals surface area contributed by atoms with Crippen LogP contribution in [0.25, 0.3) is 0 Å². The van der Waals surface area contributed by atoms with E-state index in [-0.39, 0.29) is 30.3 Å². The van der Waals surface area contributed by atoms with Crippen LogP contribution < -0.4 is 10.2 Å². The topological polar surface area (TPSA) is 89.1 Å². The molecule has 3 aliphatic heterocycles. The molecule has 4 amide bonds. The number of nitrogens with one attached hydrogen (secondary N) is 1. The van der Waals surface area contributed by atoms with Crippen molar-refractivity contribution in [2.45, 2.75) is 45.2 Å². The van der Waals surface area contributed by atoms with E-state index in [1.165, 1.54) is 0 Å². The number of anilines is 2. The Kier molecular flexibility index (Phi) is 9.61. The molecule has 1 N–H and O–H groups in total. The molecular formula is C34H38BrClN6O3. The molecule has 6 rings (SSSR count). The summed E-state index contributed by atoms with van der Waals surface area (Å²) in [5.41, 5.74) is 4.96. The number of carbonyl (C=O) groups is 3. The first-order valence-corrected chi connectivity index (χ1v) is 16.8. The highest BCUT2D eigenvalue weighted by Crippen LogP contribution is 2.31. The Labute approximate surface area is 277 Å². The predicted octanol–water partition coefficient (Wildman–Crippen LogP) is 5.74. The third-order valence-corrected chi connectivity index (χ3v) is 10.6. The number of hydrogen-bond acceptors (Lipinski definition) is 5. The molecule has 9 nitrogen and oxygen atoms in total. The highest BCUT2D eigenvalue weighted by atomic mass is 79.9. The van der Waals surface area contributed by atoms with Crippen molar-refractivity contribution in [3.63, 3.8) is 0 Å².